The van der Waals surface area contributed by atoms with Crippen LogP contribution in [0.5, 0.6) is 0 Å². The zero-order valence-electron chi connectivity index (χ0n) is 42.2. The third kappa shape index (κ3) is 19.5. The molecular formula is C56H78N4O9. The molecule has 0 saturated carbocycles. The number of ether oxygens (including phenoxy) is 5. The first-order valence-electron chi connectivity index (χ1n) is 24.7. The Bertz CT molecular complexity index is 1780. The van der Waals surface area contributed by atoms with Crippen LogP contribution in [0.25, 0.3) is 0 Å². The fraction of sp³-hybridized carbons (Fsp3) is 0.500. The summed E-state index contributed by atoms with van der Waals surface area (Å²) >= 11 is 0. The van der Waals surface area contributed by atoms with Crippen molar-refractivity contribution in [2.45, 2.75) is 80.6 Å². The zero-order chi connectivity index (χ0) is 49.7. The Hall–Kier alpha value is -5.44. The first kappa shape index (κ1) is 56.2. The van der Waals surface area contributed by atoms with Gasteiger partial charge in [0.2, 0.25) is 23.6 Å². The first-order valence-corrected chi connectivity index (χ1v) is 24.7. The highest BCUT2D eigenvalue weighted by Crippen LogP contribution is 2.29. The lowest BCUT2D eigenvalue weighted by atomic mass is 9.86. The lowest BCUT2D eigenvalue weighted by molar-refractivity contribution is -0.148. The van der Waals surface area contributed by atoms with Crippen molar-refractivity contribution >= 4 is 23.6 Å². The summed E-state index contributed by atoms with van der Waals surface area (Å²) in [6, 6.07) is 39.4. The van der Waals surface area contributed by atoms with Gasteiger partial charge in [0.15, 0.2) is 0 Å². The maximum absolute atomic E-state index is 13.5. The smallest absolute Gasteiger partial charge is 0.248 e. The van der Waals surface area contributed by atoms with E-state index in [1.165, 1.54) is 0 Å². The summed E-state index contributed by atoms with van der Waals surface area (Å²) in [5.41, 5.74) is 2.61. The molecule has 0 aromatic heterocycles. The normalized spacial score (nSPS) is 11.6. The molecule has 0 unspecified atom stereocenters. The number of nitrogens with zero attached hydrogens (tertiary/aromatic N) is 4. The van der Waals surface area contributed by atoms with Gasteiger partial charge in [0.05, 0.1) is 39.6 Å². The molecule has 0 atom stereocenters. The molecule has 4 amide bonds. The molecule has 0 aliphatic carbocycles. The van der Waals surface area contributed by atoms with Crippen molar-refractivity contribution in [3.63, 3.8) is 0 Å². The van der Waals surface area contributed by atoms with Crippen LogP contribution in [0.4, 0.5) is 0 Å². The number of rotatable bonds is 34. The van der Waals surface area contributed by atoms with Gasteiger partial charge in [0.1, 0.15) is 26.4 Å². The SMILES string of the molecule is CCN(Cc1ccccc1)C(=O)COCC(CC)(COCC(=O)N(CC)Cc1ccccc1)COCC(CC)(COCC(=O)N(CC)Cc1ccccc1)COCC(=O)N(CC)Cc1ccccc1. The summed E-state index contributed by atoms with van der Waals surface area (Å²) in [7, 11) is 0. The van der Waals surface area contributed by atoms with Crippen molar-refractivity contribution < 1.29 is 42.9 Å². The van der Waals surface area contributed by atoms with E-state index >= 15 is 0 Å². The second kappa shape index (κ2) is 30.9. The third-order valence-corrected chi connectivity index (χ3v) is 12.7. The van der Waals surface area contributed by atoms with Gasteiger partial charge in [-0.1, -0.05) is 135 Å². The van der Waals surface area contributed by atoms with Crippen LogP contribution >= 0.6 is 0 Å². The molecule has 4 aromatic carbocycles. The van der Waals surface area contributed by atoms with Gasteiger partial charge in [-0.25, -0.2) is 0 Å². The number of hydrogen-bond acceptors (Lipinski definition) is 9. The molecule has 0 bridgehead atoms. The third-order valence-electron chi connectivity index (χ3n) is 12.7. The molecule has 0 spiro atoms. The highest BCUT2D eigenvalue weighted by Gasteiger charge is 2.35. The van der Waals surface area contributed by atoms with E-state index in [1.54, 1.807) is 19.6 Å². The summed E-state index contributed by atoms with van der Waals surface area (Å²) in [4.78, 5) is 61.1. The van der Waals surface area contributed by atoms with Crippen molar-refractivity contribution in [3.05, 3.63) is 144 Å². The molecular weight excluding hydrogens is 873 g/mol. The average molecular weight is 951 g/mol. The summed E-state index contributed by atoms with van der Waals surface area (Å²) in [6.45, 7) is 16.1. The van der Waals surface area contributed by atoms with E-state index in [1.807, 2.05) is 163 Å². The fourth-order valence-electron chi connectivity index (χ4n) is 7.85. The maximum Gasteiger partial charge on any atom is 0.248 e. The van der Waals surface area contributed by atoms with E-state index in [2.05, 4.69) is 0 Å². The molecule has 4 aromatic rings. The highest BCUT2D eigenvalue weighted by molar-refractivity contribution is 5.78. The number of benzene rings is 4. The van der Waals surface area contributed by atoms with Crippen LogP contribution in [0.3, 0.4) is 0 Å². The Morgan fingerprint density at radius 3 is 0.725 bits per heavy atom. The van der Waals surface area contributed by atoms with Crippen LogP contribution in [-0.4, -0.2) is 135 Å². The second-order valence-electron chi connectivity index (χ2n) is 17.7. The Morgan fingerprint density at radius 1 is 0.333 bits per heavy atom. The van der Waals surface area contributed by atoms with Crippen LogP contribution < -0.4 is 0 Å². The van der Waals surface area contributed by atoms with Crippen molar-refractivity contribution in [1.82, 2.24) is 19.6 Å². The van der Waals surface area contributed by atoms with E-state index in [4.69, 9.17) is 23.7 Å². The lowest BCUT2D eigenvalue weighted by Crippen LogP contribution is -2.44. The second-order valence-corrected chi connectivity index (χ2v) is 17.7. The van der Waals surface area contributed by atoms with Crippen molar-refractivity contribution in [2.75, 3.05) is 92.2 Å². The van der Waals surface area contributed by atoms with E-state index in [0.29, 0.717) is 65.2 Å². The van der Waals surface area contributed by atoms with Crippen molar-refractivity contribution in [1.29, 1.82) is 0 Å². The Morgan fingerprint density at radius 2 is 0.536 bits per heavy atom. The zero-order valence-corrected chi connectivity index (χ0v) is 42.2. The molecule has 13 heteroatoms. The lowest BCUT2D eigenvalue weighted by Gasteiger charge is -2.36. The van der Waals surface area contributed by atoms with Gasteiger partial charge in [0, 0.05) is 63.2 Å². The highest BCUT2D eigenvalue weighted by atomic mass is 16.5. The van der Waals surface area contributed by atoms with Crippen LogP contribution in [0.2, 0.25) is 0 Å². The van der Waals surface area contributed by atoms with Gasteiger partial charge in [-0.15, -0.1) is 0 Å². The van der Waals surface area contributed by atoms with Crippen LogP contribution in [0, 0.1) is 10.8 Å². The molecule has 0 heterocycles. The van der Waals surface area contributed by atoms with E-state index < -0.39 is 10.8 Å². The van der Waals surface area contributed by atoms with Gasteiger partial charge in [-0.3, -0.25) is 19.2 Å². The quantitative estimate of drug-likeness (QED) is 0.0457. The standard InChI is InChI=1S/C56H78N4O9/c1-7-55(41-65-37-51(61)57(9-3)33-47-25-17-13-18-26-47,42-66-38-52(62)58(10-4)34-48-27-19-14-20-28-48)45-69-46-56(8-2,43-67-39-53(63)59(11-5)35-49-29-21-15-22-30-49)44-68-40-54(64)60(12-6)36-50-31-23-16-24-32-50/h13-32H,7-12,33-46H2,1-6H3. The Balaban J connectivity index is 1.49. The molecule has 0 radical (unpaired) electrons. The monoisotopic (exact) mass is 951 g/mol. The van der Waals surface area contributed by atoms with E-state index in [0.717, 1.165) is 22.3 Å². The largest absolute Gasteiger partial charge is 0.380 e. The number of amides is 4. The van der Waals surface area contributed by atoms with Crippen LogP contribution in [-0.2, 0) is 69.0 Å². The number of carbonyl (C=O) groups is 4. The Labute approximate surface area is 412 Å². The summed E-state index contributed by atoms with van der Waals surface area (Å²) in [5, 5.41) is 0. The summed E-state index contributed by atoms with van der Waals surface area (Å²) in [6.07, 6.45) is 1.10. The van der Waals surface area contributed by atoms with Gasteiger partial charge in [0.25, 0.3) is 0 Å². The van der Waals surface area contributed by atoms with Gasteiger partial charge in [-0.2, -0.15) is 0 Å². The van der Waals surface area contributed by atoms with Crippen LogP contribution in [0.15, 0.2) is 121 Å². The Kier molecular flexibility index (Phi) is 25.2. The predicted octanol–water partition coefficient (Wildman–Crippen LogP) is 8.06. The first-order chi connectivity index (χ1) is 33.5. The summed E-state index contributed by atoms with van der Waals surface area (Å²) < 4.78 is 31.6. The molecule has 0 aliphatic heterocycles. The summed E-state index contributed by atoms with van der Waals surface area (Å²) in [5.74, 6) is -0.548. The molecule has 0 aliphatic rings. The molecule has 4 rings (SSSR count). The number of carbonyl (C=O) groups excluding carboxylic acids is 4. The molecule has 0 saturated heterocycles. The van der Waals surface area contributed by atoms with Gasteiger partial charge >= 0.3 is 0 Å². The van der Waals surface area contributed by atoms with Crippen LogP contribution in [0.1, 0.15) is 76.6 Å². The maximum atomic E-state index is 13.5. The minimum atomic E-state index is -0.751. The minimum absolute atomic E-state index is 0.130. The average Bonchev–Trinajstić information content (AvgIpc) is 3.38. The fourth-order valence-corrected chi connectivity index (χ4v) is 7.85. The van der Waals surface area contributed by atoms with Crippen molar-refractivity contribution in [2.24, 2.45) is 10.8 Å². The molecule has 376 valence electrons. The topological polar surface area (TPSA) is 127 Å². The molecule has 0 fully saturated rings. The van der Waals surface area contributed by atoms with Crippen molar-refractivity contribution in [3.8, 4) is 0 Å². The predicted molar refractivity (Wildman–Crippen MR) is 270 cm³/mol. The van der Waals surface area contributed by atoms with Gasteiger partial charge < -0.3 is 43.3 Å². The molecule has 13 nitrogen and oxygen atoms in total. The molecule has 0 N–H and O–H groups in total. The number of likely N-dealkylation sites (N-methyl/N-ethyl adjacent to an activating group) is 4. The van der Waals surface area contributed by atoms with Gasteiger partial charge in [-0.05, 0) is 62.8 Å². The van der Waals surface area contributed by atoms with E-state index in [9.17, 15) is 19.2 Å². The number of hydrogen-bond donors (Lipinski definition) is 0. The van der Waals surface area contributed by atoms with E-state index in [-0.39, 0.29) is 89.7 Å². The minimum Gasteiger partial charge on any atom is -0.380 e. The molecule has 69 heavy (non-hydrogen) atoms.